The molecule has 0 aromatic heterocycles. The molecule has 0 fully saturated rings. The third-order valence-electron chi connectivity index (χ3n) is 2.44. The topological polar surface area (TPSA) is 69.6 Å². The predicted molar refractivity (Wildman–Crippen MR) is 73.4 cm³/mol. The van der Waals surface area contributed by atoms with Crippen LogP contribution < -0.4 is 5.32 Å². The van der Waals surface area contributed by atoms with E-state index >= 15 is 0 Å². The van der Waals surface area contributed by atoms with Gasteiger partial charge in [0.05, 0.1) is 11.3 Å². The molecule has 19 heavy (non-hydrogen) atoms. The van der Waals surface area contributed by atoms with E-state index in [1.807, 2.05) is 6.26 Å². The number of thioether (sulfide) groups is 1. The van der Waals surface area contributed by atoms with Crippen molar-refractivity contribution in [3.8, 4) is 0 Å². The minimum atomic E-state index is -1.21. The first-order valence-corrected chi connectivity index (χ1v) is 6.89. The fourth-order valence-electron chi connectivity index (χ4n) is 1.29. The number of halogens is 1. The molecule has 0 saturated carbocycles. The molecule has 0 unspecified atom stereocenters. The number of aromatic carboxylic acids is 1. The monoisotopic (exact) mass is 286 g/mol. The molecule has 5 nitrogen and oxygen atoms in total. The number of carboxylic acid groups (broad SMARTS) is 1. The van der Waals surface area contributed by atoms with Crippen LogP contribution in [0.2, 0.25) is 0 Å². The number of rotatable bonds is 5. The number of nitrogens with zero attached hydrogens (tertiary/aromatic N) is 1. The van der Waals surface area contributed by atoms with E-state index in [0.717, 1.165) is 11.8 Å². The fraction of sp³-hybridized carbons (Fsp3) is 0.333. The Hall–Kier alpha value is -1.76. The lowest BCUT2D eigenvalue weighted by atomic mass is 10.2. The van der Waals surface area contributed by atoms with E-state index in [0.29, 0.717) is 6.54 Å². The van der Waals surface area contributed by atoms with Gasteiger partial charge < -0.3 is 15.3 Å². The van der Waals surface area contributed by atoms with Crippen molar-refractivity contribution in [2.45, 2.75) is 0 Å². The number of hydrogen-bond donors (Lipinski definition) is 2. The van der Waals surface area contributed by atoms with E-state index in [-0.39, 0.29) is 11.3 Å². The van der Waals surface area contributed by atoms with Crippen molar-refractivity contribution < 1.29 is 19.1 Å². The number of carbonyl (C=O) groups excluding carboxylic acids is 1. The van der Waals surface area contributed by atoms with E-state index in [1.54, 1.807) is 18.8 Å². The average Bonchev–Trinajstić information content (AvgIpc) is 2.37. The molecule has 7 heteroatoms. The van der Waals surface area contributed by atoms with Crippen molar-refractivity contribution in [1.29, 1.82) is 0 Å². The Morgan fingerprint density at radius 3 is 2.68 bits per heavy atom. The number of nitrogens with one attached hydrogen (secondary N) is 1. The van der Waals surface area contributed by atoms with Crippen LogP contribution in [-0.4, -0.2) is 47.6 Å². The first kappa shape index (κ1) is 15.3. The van der Waals surface area contributed by atoms with Gasteiger partial charge in [-0.25, -0.2) is 14.0 Å². The maximum absolute atomic E-state index is 13.6. The molecule has 0 spiro atoms. The molecule has 2 amide bonds. The molecule has 0 bridgehead atoms. The van der Waals surface area contributed by atoms with Gasteiger partial charge in [-0.1, -0.05) is 0 Å². The highest BCUT2D eigenvalue weighted by Crippen LogP contribution is 2.16. The van der Waals surface area contributed by atoms with Gasteiger partial charge in [-0.05, 0) is 24.5 Å². The zero-order valence-electron chi connectivity index (χ0n) is 10.6. The third-order valence-corrected chi connectivity index (χ3v) is 3.03. The summed E-state index contributed by atoms with van der Waals surface area (Å²) in [6.45, 7) is 0.543. The molecule has 0 saturated heterocycles. The van der Waals surface area contributed by atoms with Gasteiger partial charge in [0.15, 0.2) is 0 Å². The van der Waals surface area contributed by atoms with E-state index in [2.05, 4.69) is 5.32 Å². The summed E-state index contributed by atoms with van der Waals surface area (Å²) in [4.78, 5) is 23.8. The normalized spacial score (nSPS) is 10.1. The van der Waals surface area contributed by atoms with Gasteiger partial charge in [0, 0.05) is 19.3 Å². The Kier molecular flexibility index (Phi) is 5.62. The van der Waals surface area contributed by atoms with Crippen LogP contribution in [0.1, 0.15) is 10.4 Å². The van der Waals surface area contributed by atoms with Crippen molar-refractivity contribution in [2.24, 2.45) is 0 Å². The minimum absolute atomic E-state index is 0.0361. The highest BCUT2D eigenvalue weighted by atomic mass is 32.2. The fourth-order valence-corrected chi connectivity index (χ4v) is 1.75. The van der Waals surface area contributed by atoms with Crippen molar-refractivity contribution >= 4 is 29.4 Å². The van der Waals surface area contributed by atoms with Gasteiger partial charge in [0.1, 0.15) is 5.82 Å². The van der Waals surface area contributed by atoms with Crippen molar-refractivity contribution in [2.75, 3.05) is 30.9 Å². The van der Waals surface area contributed by atoms with Gasteiger partial charge in [0.2, 0.25) is 0 Å². The van der Waals surface area contributed by atoms with Crippen LogP contribution in [0.3, 0.4) is 0 Å². The van der Waals surface area contributed by atoms with Gasteiger partial charge in [-0.2, -0.15) is 11.8 Å². The summed E-state index contributed by atoms with van der Waals surface area (Å²) in [7, 11) is 1.61. The van der Waals surface area contributed by atoms with E-state index in [9.17, 15) is 14.0 Å². The molecule has 1 rings (SSSR count). The Bertz CT molecular complexity index is 482. The van der Waals surface area contributed by atoms with Gasteiger partial charge in [0.25, 0.3) is 0 Å². The Morgan fingerprint density at radius 2 is 2.16 bits per heavy atom. The van der Waals surface area contributed by atoms with Crippen molar-refractivity contribution in [3.63, 3.8) is 0 Å². The molecule has 0 atom stereocenters. The summed E-state index contributed by atoms with van der Waals surface area (Å²) in [5.41, 5.74) is -0.197. The first-order chi connectivity index (χ1) is 8.95. The van der Waals surface area contributed by atoms with E-state index in [1.165, 1.54) is 17.0 Å². The number of anilines is 1. The summed E-state index contributed by atoms with van der Waals surface area (Å²) in [6.07, 6.45) is 1.93. The lowest BCUT2D eigenvalue weighted by molar-refractivity contribution is 0.0696. The molecule has 0 aliphatic carbocycles. The zero-order chi connectivity index (χ0) is 14.4. The standard InChI is InChI=1S/C12H15FN2O3S/c1-15(5-6-19-2)12(18)14-10-4-3-8(11(16)17)7-9(10)13/h3-4,7H,5-6H2,1-2H3,(H,14,18)(H,16,17). The zero-order valence-corrected chi connectivity index (χ0v) is 11.5. The smallest absolute Gasteiger partial charge is 0.335 e. The second-order valence-electron chi connectivity index (χ2n) is 3.84. The Balaban J connectivity index is 2.72. The number of carboxylic acids is 1. The highest BCUT2D eigenvalue weighted by molar-refractivity contribution is 7.98. The molecule has 1 aromatic carbocycles. The molecule has 0 radical (unpaired) electrons. The highest BCUT2D eigenvalue weighted by Gasteiger charge is 2.13. The van der Waals surface area contributed by atoms with Crippen LogP contribution in [0.4, 0.5) is 14.9 Å². The Morgan fingerprint density at radius 1 is 1.47 bits per heavy atom. The molecule has 2 N–H and O–H groups in total. The van der Waals surface area contributed by atoms with Gasteiger partial charge >= 0.3 is 12.0 Å². The number of benzene rings is 1. The van der Waals surface area contributed by atoms with Crippen molar-refractivity contribution in [3.05, 3.63) is 29.6 Å². The molecular weight excluding hydrogens is 271 g/mol. The lowest BCUT2D eigenvalue weighted by Crippen LogP contribution is -2.33. The molecular formula is C12H15FN2O3S. The number of amides is 2. The largest absolute Gasteiger partial charge is 0.478 e. The second kappa shape index (κ2) is 6.98. The summed E-state index contributed by atoms with van der Waals surface area (Å²) in [5.74, 6) is -1.20. The summed E-state index contributed by atoms with van der Waals surface area (Å²) < 4.78 is 13.6. The predicted octanol–water partition coefficient (Wildman–Crippen LogP) is 2.35. The molecule has 0 aliphatic rings. The minimum Gasteiger partial charge on any atom is -0.478 e. The Labute approximate surface area is 114 Å². The van der Waals surface area contributed by atoms with Crippen LogP contribution in [0, 0.1) is 5.82 Å². The molecule has 1 aromatic rings. The lowest BCUT2D eigenvalue weighted by Gasteiger charge is -2.17. The molecule has 0 heterocycles. The number of carbonyl (C=O) groups is 2. The second-order valence-corrected chi connectivity index (χ2v) is 4.83. The van der Waals surface area contributed by atoms with Crippen LogP contribution in [-0.2, 0) is 0 Å². The summed E-state index contributed by atoms with van der Waals surface area (Å²) in [6, 6.07) is 2.91. The van der Waals surface area contributed by atoms with Crippen LogP contribution in [0.5, 0.6) is 0 Å². The van der Waals surface area contributed by atoms with E-state index in [4.69, 9.17) is 5.11 Å². The van der Waals surface area contributed by atoms with Gasteiger partial charge in [-0.15, -0.1) is 0 Å². The maximum atomic E-state index is 13.6. The van der Waals surface area contributed by atoms with Crippen LogP contribution in [0.25, 0.3) is 0 Å². The SMILES string of the molecule is CSCCN(C)C(=O)Nc1ccc(C(=O)O)cc1F. The van der Waals surface area contributed by atoms with Gasteiger partial charge in [-0.3, -0.25) is 0 Å². The van der Waals surface area contributed by atoms with E-state index < -0.39 is 17.8 Å². The third kappa shape index (κ3) is 4.44. The summed E-state index contributed by atoms with van der Waals surface area (Å²) >= 11 is 1.60. The molecule has 104 valence electrons. The average molecular weight is 286 g/mol. The number of urea groups is 1. The van der Waals surface area contributed by atoms with Crippen LogP contribution >= 0.6 is 11.8 Å². The maximum Gasteiger partial charge on any atom is 0.335 e. The summed E-state index contributed by atoms with van der Waals surface area (Å²) in [5, 5.41) is 11.1. The first-order valence-electron chi connectivity index (χ1n) is 5.49. The quantitative estimate of drug-likeness (QED) is 0.871. The van der Waals surface area contributed by atoms with Crippen LogP contribution in [0.15, 0.2) is 18.2 Å². The molecule has 0 aliphatic heterocycles. The number of hydrogen-bond acceptors (Lipinski definition) is 3. The van der Waals surface area contributed by atoms with Crippen molar-refractivity contribution in [1.82, 2.24) is 4.90 Å².